The lowest BCUT2D eigenvalue weighted by Gasteiger charge is -1.90. The number of nitrogens with zero attached hydrogens (tertiary/aromatic N) is 2. The Kier molecular flexibility index (Phi) is 1.33. The number of rotatable bonds is 2. The van der Waals surface area contributed by atoms with Gasteiger partial charge in [0.25, 0.3) is 11.8 Å². The lowest BCUT2D eigenvalue weighted by atomic mass is 10.8. The van der Waals surface area contributed by atoms with Gasteiger partial charge in [0.05, 0.1) is 0 Å². The average Bonchev–Trinajstić information content (AvgIpc) is 2.60. The summed E-state index contributed by atoms with van der Waals surface area (Å²) < 4.78 is 14.4. The fraction of sp³-hybridized carbons (Fsp3) is 0. The molecule has 0 saturated heterocycles. The molecule has 2 heterocycles. The molecule has 0 N–H and O–H groups in total. The van der Waals surface area contributed by atoms with Crippen molar-refractivity contribution in [1.82, 2.24) is 9.97 Å². The Morgan fingerprint density at radius 1 is 1.00 bits per heavy atom. The molecule has 0 aromatic carbocycles. The summed E-state index contributed by atoms with van der Waals surface area (Å²) in [5, 5.41) is 0. The first kappa shape index (κ1) is 5.96. The standard InChI is InChI=1S/C6H4N2O3/c1-5(7-3-9-1)11-6-2-10-4-8-6/h1-4H. The van der Waals surface area contributed by atoms with Crippen molar-refractivity contribution in [2.75, 3.05) is 0 Å². The number of aromatic nitrogens is 2. The fourth-order valence-corrected chi connectivity index (χ4v) is 0.611. The van der Waals surface area contributed by atoms with Crippen LogP contribution in [0.15, 0.2) is 34.1 Å². The van der Waals surface area contributed by atoms with Gasteiger partial charge in [-0.05, 0) is 0 Å². The summed E-state index contributed by atoms with van der Waals surface area (Å²) in [5.41, 5.74) is 0. The molecular formula is C6H4N2O3. The normalized spacial score (nSPS) is 9.82. The minimum absolute atomic E-state index is 0.360. The van der Waals surface area contributed by atoms with Gasteiger partial charge in [0, 0.05) is 0 Å². The quantitative estimate of drug-likeness (QED) is 0.651. The van der Waals surface area contributed by atoms with Crippen molar-refractivity contribution in [3.05, 3.63) is 25.3 Å². The summed E-state index contributed by atoms with van der Waals surface area (Å²) in [6, 6.07) is 0. The zero-order chi connectivity index (χ0) is 7.52. The highest BCUT2D eigenvalue weighted by atomic mass is 16.5. The van der Waals surface area contributed by atoms with Crippen LogP contribution in [0.3, 0.4) is 0 Å². The minimum atomic E-state index is 0.360. The van der Waals surface area contributed by atoms with E-state index < -0.39 is 0 Å². The Bertz CT molecular complexity index is 268. The first-order chi connectivity index (χ1) is 5.45. The van der Waals surface area contributed by atoms with Crippen molar-refractivity contribution in [3.8, 4) is 11.8 Å². The summed E-state index contributed by atoms with van der Waals surface area (Å²) in [4.78, 5) is 7.44. The Labute approximate surface area is 61.6 Å². The third kappa shape index (κ3) is 1.21. The molecule has 2 aromatic heterocycles. The second-order valence-corrected chi connectivity index (χ2v) is 1.76. The smallest absolute Gasteiger partial charge is 0.259 e. The maximum Gasteiger partial charge on any atom is 0.259 e. The molecule has 0 aliphatic carbocycles. The summed E-state index contributed by atoms with van der Waals surface area (Å²) in [5.74, 6) is 0.720. The van der Waals surface area contributed by atoms with Crippen LogP contribution in [0.4, 0.5) is 0 Å². The van der Waals surface area contributed by atoms with Crippen molar-refractivity contribution >= 4 is 0 Å². The van der Waals surface area contributed by atoms with E-state index in [1.54, 1.807) is 0 Å². The van der Waals surface area contributed by atoms with Gasteiger partial charge in [-0.25, -0.2) is 0 Å². The van der Waals surface area contributed by atoms with Crippen molar-refractivity contribution in [1.29, 1.82) is 0 Å². The van der Waals surface area contributed by atoms with Crippen molar-refractivity contribution in [3.63, 3.8) is 0 Å². The number of hydrogen-bond acceptors (Lipinski definition) is 5. The maximum absolute atomic E-state index is 5.05. The highest BCUT2D eigenvalue weighted by Gasteiger charge is 2.00. The SMILES string of the molecule is c1nc(Oc2cocn2)co1. The van der Waals surface area contributed by atoms with Crippen LogP contribution in [-0.2, 0) is 0 Å². The zero-order valence-corrected chi connectivity index (χ0v) is 5.43. The Morgan fingerprint density at radius 2 is 1.55 bits per heavy atom. The van der Waals surface area contributed by atoms with Gasteiger partial charge in [-0.2, -0.15) is 9.97 Å². The molecule has 11 heavy (non-hydrogen) atoms. The predicted octanol–water partition coefficient (Wildman–Crippen LogP) is 1.45. The van der Waals surface area contributed by atoms with Crippen LogP contribution in [-0.4, -0.2) is 9.97 Å². The average molecular weight is 152 g/mol. The zero-order valence-electron chi connectivity index (χ0n) is 5.43. The molecule has 0 aliphatic heterocycles. The lowest BCUT2D eigenvalue weighted by Crippen LogP contribution is -1.81. The van der Waals surface area contributed by atoms with E-state index in [9.17, 15) is 0 Å². The van der Waals surface area contributed by atoms with Crippen molar-refractivity contribution in [2.45, 2.75) is 0 Å². The van der Waals surface area contributed by atoms with E-state index in [-0.39, 0.29) is 0 Å². The lowest BCUT2D eigenvalue weighted by molar-refractivity contribution is 0.436. The van der Waals surface area contributed by atoms with E-state index in [1.807, 2.05) is 0 Å². The van der Waals surface area contributed by atoms with E-state index in [2.05, 4.69) is 18.8 Å². The van der Waals surface area contributed by atoms with Gasteiger partial charge in [-0.15, -0.1) is 0 Å². The molecule has 2 rings (SSSR count). The van der Waals surface area contributed by atoms with E-state index in [0.717, 1.165) is 0 Å². The van der Waals surface area contributed by atoms with Gasteiger partial charge < -0.3 is 13.6 Å². The monoisotopic (exact) mass is 152 g/mol. The second kappa shape index (κ2) is 2.45. The van der Waals surface area contributed by atoms with Gasteiger partial charge in [0.15, 0.2) is 25.3 Å². The largest absolute Gasteiger partial charge is 0.448 e. The molecule has 0 amide bonds. The molecular weight excluding hydrogens is 148 g/mol. The highest BCUT2D eigenvalue weighted by molar-refractivity contribution is 5.10. The number of oxazole rings is 2. The molecule has 0 fully saturated rings. The Balaban J connectivity index is 2.14. The molecule has 0 saturated carbocycles. The topological polar surface area (TPSA) is 61.3 Å². The van der Waals surface area contributed by atoms with Crippen molar-refractivity contribution in [2.24, 2.45) is 0 Å². The molecule has 0 radical (unpaired) electrons. The van der Waals surface area contributed by atoms with Crippen LogP contribution in [0, 0.1) is 0 Å². The molecule has 56 valence electrons. The van der Waals surface area contributed by atoms with Crippen LogP contribution in [0.25, 0.3) is 0 Å². The van der Waals surface area contributed by atoms with Gasteiger partial charge >= 0.3 is 0 Å². The third-order valence-electron chi connectivity index (χ3n) is 1.03. The van der Waals surface area contributed by atoms with E-state index in [4.69, 9.17) is 4.74 Å². The first-order valence-electron chi connectivity index (χ1n) is 2.89. The molecule has 0 bridgehead atoms. The Hall–Kier alpha value is -1.78. The fourth-order valence-electron chi connectivity index (χ4n) is 0.611. The highest BCUT2D eigenvalue weighted by Crippen LogP contribution is 2.15. The van der Waals surface area contributed by atoms with Gasteiger partial charge in [-0.3, -0.25) is 0 Å². The van der Waals surface area contributed by atoms with Gasteiger partial charge in [-0.1, -0.05) is 0 Å². The first-order valence-corrected chi connectivity index (χ1v) is 2.89. The molecule has 0 unspecified atom stereocenters. The maximum atomic E-state index is 5.05. The van der Waals surface area contributed by atoms with Crippen LogP contribution >= 0.6 is 0 Å². The predicted molar refractivity (Wildman–Crippen MR) is 33.1 cm³/mol. The summed E-state index contributed by atoms with van der Waals surface area (Å²) in [7, 11) is 0. The van der Waals surface area contributed by atoms with Crippen LogP contribution in [0.2, 0.25) is 0 Å². The molecule has 5 nitrogen and oxygen atoms in total. The Morgan fingerprint density at radius 3 is 1.91 bits per heavy atom. The van der Waals surface area contributed by atoms with Crippen LogP contribution < -0.4 is 4.74 Å². The summed E-state index contributed by atoms with van der Waals surface area (Å²) in [6.07, 6.45) is 5.29. The molecule has 0 atom stereocenters. The molecule has 0 spiro atoms. The molecule has 5 heteroatoms. The molecule has 2 aromatic rings. The van der Waals surface area contributed by atoms with Crippen LogP contribution in [0.1, 0.15) is 0 Å². The molecule has 0 aliphatic rings. The van der Waals surface area contributed by atoms with Gasteiger partial charge in [0.1, 0.15) is 0 Å². The number of ether oxygens (including phenoxy) is 1. The third-order valence-corrected chi connectivity index (χ3v) is 1.03. The van der Waals surface area contributed by atoms with Crippen LogP contribution in [0.5, 0.6) is 11.8 Å². The minimum Gasteiger partial charge on any atom is -0.448 e. The number of hydrogen-bond donors (Lipinski definition) is 0. The van der Waals surface area contributed by atoms with E-state index >= 15 is 0 Å². The summed E-state index contributed by atoms with van der Waals surface area (Å²) >= 11 is 0. The second-order valence-electron chi connectivity index (χ2n) is 1.76. The summed E-state index contributed by atoms with van der Waals surface area (Å²) in [6.45, 7) is 0. The van der Waals surface area contributed by atoms with Gasteiger partial charge in [0.2, 0.25) is 0 Å². The van der Waals surface area contributed by atoms with Crippen molar-refractivity contribution < 1.29 is 13.6 Å². The van der Waals surface area contributed by atoms with E-state index in [0.29, 0.717) is 11.8 Å². The van der Waals surface area contributed by atoms with E-state index in [1.165, 1.54) is 25.3 Å².